The zero-order chi connectivity index (χ0) is 11.5. The van der Waals surface area contributed by atoms with Crippen LogP contribution in [0.5, 0.6) is 0 Å². The normalized spacial score (nSPS) is 23.9. The molecule has 0 N–H and O–H groups in total. The minimum absolute atomic E-state index is 0.156. The maximum absolute atomic E-state index is 11.5. The van der Waals surface area contributed by atoms with Crippen LogP contribution >= 0.6 is 0 Å². The van der Waals surface area contributed by atoms with Gasteiger partial charge < -0.3 is 9.47 Å². The molecule has 0 spiro atoms. The van der Waals surface area contributed by atoms with Gasteiger partial charge in [-0.1, -0.05) is 0 Å². The molecule has 0 bridgehead atoms. The minimum Gasteiger partial charge on any atom is -0.459 e. The number of carbonyl (C=O) groups excluding carboxylic acids is 1. The van der Waals surface area contributed by atoms with Gasteiger partial charge in [0.25, 0.3) is 0 Å². The maximum atomic E-state index is 11.5. The van der Waals surface area contributed by atoms with Crippen molar-refractivity contribution in [2.24, 2.45) is 0 Å². The second kappa shape index (κ2) is 4.94. The number of nitrogens with zero attached hydrogens (tertiary/aromatic N) is 1. The van der Waals surface area contributed by atoms with Gasteiger partial charge in [-0.05, 0) is 27.7 Å². The monoisotopic (exact) mass is 215 g/mol. The van der Waals surface area contributed by atoms with Crippen LogP contribution in [0, 0.1) is 0 Å². The van der Waals surface area contributed by atoms with Crippen LogP contribution in [0.3, 0.4) is 0 Å². The average molecular weight is 215 g/mol. The highest BCUT2D eigenvalue weighted by Crippen LogP contribution is 2.09. The summed E-state index contributed by atoms with van der Waals surface area (Å²) >= 11 is 0. The van der Waals surface area contributed by atoms with E-state index in [-0.39, 0.29) is 12.1 Å². The van der Waals surface area contributed by atoms with Gasteiger partial charge in [0.1, 0.15) is 5.60 Å². The summed E-state index contributed by atoms with van der Waals surface area (Å²) in [4.78, 5) is 13.6. The van der Waals surface area contributed by atoms with E-state index in [1.807, 2.05) is 27.7 Å². The quantitative estimate of drug-likeness (QED) is 0.645. The van der Waals surface area contributed by atoms with Crippen molar-refractivity contribution in [2.45, 2.75) is 39.4 Å². The van der Waals surface area contributed by atoms with Crippen molar-refractivity contribution in [3.05, 3.63) is 0 Å². The highest BCUT2D eigenvalue weighted by atomic mass is 16.6. The second-order valence-electron chi connectivity index (χ2n) is 5.00. The molecule has 0 aromatic heterocycles. The Balaban J connectivity index is 2.31. The van der Waals surface area contributed by atoms with Crippen molar-refractivity contribution in [3.63, 3.8) is 0 Å². The molecule has 1 atom stereocenters. The fourth-order valence-corrected chi connectivity index (χ4v) is 1.59. The van der Waals surface area contributed by atoms with E-state index in [1.54, 1.807) is 0 Å². The smallest absolute Gasteiger partial charge is 0.320 e. The molecule has 0 aromatic carbocycles. The van der Waals surface area contributed by atoms with Crippen LogP contribution in [0.2, 0.25) is 0 Å². The molecule has 0 saturated carbocycles. The highest BCUT2D eigenvalue weighted by Gasteiger charge is 2.22. The van der Waals surface area contributed by atoms with Crippen LogP contribution < -0.4 is 0 Å². The number of rotatable bonds is 2. The molecule has 0 aromatic rings. The number of hydrogen-bond acceptors (Lipinski definition) is 4. The summed E-state index contributed by atoms with van der Waals surface area (Å²) in [6.07, 6.45) is 0.209. The van der Waals surface area contributed by atoms with E-state index in [0.717, 1.165) is 13.1 Å². The lowest BCUT2D eigenvalue weighted by atomic mass is 10.2. The van der Waals surface area contributed by atoms with Gasteiger partial charge in [0.05, 0.1) is 19.3 Å². The van der Waals surface area contributed by atoms with E-state index in [9.17, 15) is 4.79 Å². The predicted octanol–water partition coefficient (Wildman–Crippen LogP) is 1.05. The Morgan fingerprint density at radius 3 is 2.73 bits per heavy atom. The number of hydrogen-bond donors (Lipinski definition) is 0. The topological polar surface area (TPSA) is 38.8 Å². The fourth-order valence-electron chi connectivity index (χ4n) is 1.59. The summed E-state index contributed by atoms with van der Waals surface area (Å²) in [5.41, 5.74) is -0.394. The summed E-state index contributed by atoms with van der Waals surface area (Å²) in [5.74, 6) is -0.156. The third-order valence-corrected chi connectivity index (χ3v) is 2.10. The fraction of sp³-hybridized carbons (Fsp3) is 0.909. The summed E-state index contributed by atoms with van der Waals surface area (Å²) in [6, 6.07) is 0. The zero-order valence-electron chi connectivity index (χ0n) is 10.1. The van der Waals surface area contributed by atoms with Gasteiger partial charge in [-0.25, -0.2) is 0 Å². The van der Waals surface area contributed by atoms with E-state index >= 15 is 0 Å². The molecule has 1 fully saturated rings. The number of ether oxygens (including phenoxy) is 2. The van der Waals surface area contributed by atoms with Crippen molar-refractivity contribution < 1.29 is 14.3 Å². The first kappa shape index (κ1) is 12.5. The first-order chi connectivity index (χ1) is 6.87. The molecule has 88 valence electrons. The van der Waals surface area contributed by atoms with E-state index in [0.29, 0.717) is 13.2 Å². The van der Waals surface area contributed by atoms with Crippen LogP contribution in [0.4, 0.5) is 0 Å². The number of carbonyl (C=O) groups is 1. The van der Waals surface area contributed by atoms with Gasteiger partial charge in [-0.2, -0.15) is 0 Å². The average Bonchev–Trinajstić information content (AvgIpc) is 1.99. The first-order valence-electron chi connectivity index (χ1n) is 5.42. The van der Waals surface area contributed by atoms with Crippen LogP contribution in [0.1, 0.15) is 27.7 Å². The Morgan fingerprint density at radius 2 is 2.20 bits per heavy atom. The lowest BCUT2D eigenvalue weighted by molar-refractivity contribution is -0.157. The number of esters is 1. The molecule has 1 rings (SSSR count). The van der Waals surface area contributed by atoms with Crippen LogP contribution in [-0.2, 0) is 14.3 Å². The standard InChI is InChI=1S/C11H21NO3/c1-9-7-12(5-6-14-9)8-10(13)15-11(2,3)4/h9H,5-8H2,1-4H3/t9-/m1/s1. The van der Waals surface area contributed by atoms with Gasteiger partial charge in [-0.15, -0.1) is 0 Å². The summed E-state index contributed by atoms with van der Waals surface area (Å²) in [7, 11) is 0. The lowest BCUT2D eigenvalue weighted by Crippen LogP contribution is -2.44. The van der Waals surface area contributed by atoms with E-state index in [1.165, 1.54) is 0 Å². The number of morpholine rings is 1. The molecule has 0 radical (unpaired) electrons. The Hall–Kier alpha value is -0.610. The third-order valence-electron chi connectivity index (χ3n) is 2.10. The highest BCUT2D eigenvalue weighted by molar-refractivity contribution is 5.72. The molecular weight excluding hydrogens is 194 g/mol. The van der Waals surface area contributed by atoms with E-state index in [4.69, 9.17) is 9.47 Å². The van der Waals surface area contributed by atoms with Crippen molar-refractivity contribution in [1.82, 2.24) is 4.90 Å². The van der Waals surface area contributed by atoms with Gasteiger partial charge in [-0.3, -0.25) is 9.69 Å². The van der Waals surface area contributed by atoms with Crippen molar-refractivity contribution in [2.75, 3.05) is 26.2 Å². The summed E-state index contributed by atoms with van der Waals surface area (Å²) in [5, 5.41) is 0. The van der Waals surface area contributed by atoms with Gasteiger partial charge in [0.2, 0.25) is 0 Å². The van der Waals surface area contributed by atoms with E-state index in [2.05, 4.69) is 4.90 Å². The Morgan fingerprint density at radius 1 is 1.53 bits per heavy atom. The van der Waals surface area contributed by atoms with Crippen LogP contribution in [-0.4, -0.2) is 48.8 Å². The summed E-state index contributed by atoms with van der Waals surface area (Å²) < 4.78 is 10.7. The molecule has 0 aliphatic carbocycles. The van der Waals surface area contributed by atoms with Crippen LogP contribution in [0.25, 0.3) is 0 Å². The molecule has 15 heavy (non-hydrogen) atoms. The lowest BCUT2D eigenvalue weighted by Gasteiger charge is -2.31. The molecule has 4 nitrogen and oxygen atoms in total. The molecule has 1 heterocycles. The van der Waals surface area contributed by atoms with Crippen molar-refractivity contribution >= 4 is 5.97 Å². The summed E-state index contributed by atoms with van der Waals surface area (Å²) in [6.45, 7) is 10.3. The van der Waals surface area contributed by atoms with E-state index < -0.39 is 5.60 Å². The zero-order valence-corrected chi connectivity index (χ0v) is 10.1. The molecule has 0 unspecified atom stereocenters. The third kappa shape index (κ3) is 5.14. The predicted molar refractivity (Wildman–Crippen MR) is 57.7 cm³/mol. The molecule has 4 heteroatoms. The van der Waals surface area contributed by atoms with Gasteiger partial charge >= 0.3 is 5.97 Å². The second-order valence-corrected chi connectivity index (χ2v) is 5.00. The molecular formula is C11H21NO3. The minimum atomic E-state index is -0.394. The van der Waals surface area contributed by atoms with Crippen molar-refractivity contribution in [3.8, 4) is 0 Å². The SMILES string of the molecule is C[C@@H]1CN(CC(=O)OC(C)(C)C)CCO1. The Bertz CT molecular complexity index is 222. The molecule has 0 amide bonds. The van der Waals surface area contributed by atoms with Gasteiger partial charge in [0, 0.05) is 13.1 Å². The van der Waals surface area contributed by atoms with Gasteiger partial charge in [0.15, 0.2) is 0 Å². The largest absolute Gasteiger partial charge is 0.459 e. The van der Waals surface area contributed by atoms with Crippen LogP contribution in [0.15, 0.2) is 0 Å². The molecule has 1 aliphatic heterocycles. The Kier molecular flexibility index (Phi) is 4.11. The molecule has 1 saturated heterocycles. The Labute approximate surface area is 91.5 Å². The maximum Gasteiger partial charge on any atom is 0.320 e. The van der Waals surface area contributed by atoms with Crippen molar-refractivity contribution in [1.29, 1.82) is 0 Å². The molecule has 1 aliphatic rings. The first-order valence-corrected chi connectivity index (χ1v) is 5.42.